The second-order valence-corrected chi connectivity index (χ2v) is 4.63. The van der Waals surface area contributed by atoms with Crippen LogP contribution in [0.3, 0.4) is 0 Å². The van der Waals surface area contributed by atoms with E-state index in [1.54, 1.807) is 11.6 Å². The summed E-state index contributed by atoms with van der Waals surface area (Å²) >= 11 is 0. The zero-order valence-corrected chi connectivity index (χ0v) is 11.8. The molecular weight excluding hydrogens is 270 g/mol. The molecule has 0 aromatic carbocycles. The molecule has 1 atom stereocenters. The summed E-state index contributed by atoms with van der Waals surface area (Å²) in [6, 6.07) is 5.31. The number of carbonyl (C=O) groups is 1. The quantitative estimate of drug-likeness (QED) is 0.849. The van der Waals surface area contributed by atoms with Gasteiger partial charge in [-0.15, -0.1) is 0 Å². The minimum atomic E-state index is -0.385. The first-order valence-electron chi connectivity index (χ1n) is 6.73. The van der Waals surface area contributed by atoms with Gasteiger partial charge in [-0.05, 0) is 13.8 Å². The van der Waals surface area contributed by atoms with Crippen LogP contribution in [0.4, 0.5) is 5.95 Å². The minimum absolute atomic E-state index is 0.324. The Balaban J connectivity index is 2.13. The molecule has 2 aromatic heterocycles. The Bertz CT molecular complexity index is 692. The van der Waals surface area contributed by atoms with Crippen LogP contribution in [0.15, 0.2) is 42.0 Å². The summed E-state index contributed by atoms with van der Waals surface area (Å²) in [5, 5.41) is 7.31. The van der Waals surface area contributed by atoms with Gasteiger partial charge in [0.2, 0.25) is 11.6 Å². The largest absolute Gasteiger partial charge is 0.463 e. The van der Waals surface area contributed by atoms with Crippen LogP contribution in [-0.4, -0.2) is 27.3 Å². The number of hydrogen-bond donors (Lipinski definition) is 1. The predicted octanol–water partition coefficient (Wildman–Crippen LogP) is 0.944. The molecule has 2 N–H and O–H groups in total. The molecule has 0 fully saturated rings. The van der Waals surface area contributed by atoms with E-state index in [2.05, 4.69) is 20.4 Å². The van der Waals surface area contributed by atoms with Crippen molar-refractivity contribution in [3.8, 4) is 0 Å². The molecule has 1 aliphatic heterocycles. The number of allylic oxidation sites excluding steroid dienone is 1. The van der Waals surface area contributed by atoms with Crippen LogP contribution >= 0.6 is 0 Å². The number of H-pyrrole nitrogens is 1. The number of hydrogen-bond acceptors (Lipinski definition) is 5. The second-order valence-electron chi connectivity index (χ2n) is 4.63. The molecule has 1 aliphatic rings. The van der Waals surface area contributed by atoms with Crippen LogP contribution < -0.4 is 10.3 Å². The lowest BCUT2D eigenvalue weighted by molar-refractivity contribution is -0.393. The van der Waals surface area contributed by atoms with Gasteiger partial charge >= 0.3 is 5.97 Å². The van der Waals surface area contributed by atoms with Crippen molar-refractivity contribution in [3.63, 3.8) is 0 Å². The number of anilines is 1. The Kier molecular flexibility index (Phi) is 3.39. The van der Waals surface area contributed by atoms with Gasteiger partial charge in [-0.25, -0.2) is 14.5 Å². The SMILES string of the molecule is CCOC(=O)C1=C(C)Nc2ncnn2C1c1cccc[nH+]1. The molecule has 0 spiro atoms. The molecule has 0 radical (unpaired) electrons. The highest BCUT2D eigenvalue weighted by Crippen LogP contribution is 2.33. The Morgan fingerprint density at radius 2 is 2.38 bits per heavy atom. The minimum Gasteiger partial charge on any atom is -0.463 e. The molecule has 7 nitrogen and oxygen atoms in total. The van der Waals surface area contributed by atoms with E-state index in [1.807, 2.05) is 31.3 Å². The molecule has 2 aromatic rings. The predicted molar refractivity (Wildman–Crippen MR) is 74.1 cm³/mol. The molecule has 1 unspecified atom stereocenters. The van der Waals surface area contributed by atoms with E-state index in [4.69, 9.17) is 4.74 Å². The Hall–Kier alpha value is -2.70. The first-order valence-corrected chi connectivity index (χ1v) is 6.73. The first kappa shape index (κ1) is 13.3. The molecular formula is C14H16N5O2+. The average molecular weight is 286 g/mol. The van der Waals surface area contributed by atoms with Gasteiger partial charge in [-0.2, -0.15) is 10.1 Å². The van der Waals surface area contributed by atoms with Crippen molar-refractivity contribution in [1.82, 2.24) is 14.8 Å². The number of aromatic amines is 1. The van der Waals surface area contributed by atoms with Crippen molar-refractivity contribution in [1.29, 1.82) is 0 Å². The summed E-state index contributed by atoms with van der Waals surface area (Å²) in [6.07, 6.45) is 3.27. The number of esters is 1. The van der Waals surface area contributed by atoms with Crippen molar-refractivity contribution in [2.24, 2.45) is 0 Å². The Morgan fingerprint density at radius 1 is 1.52 bits per heavy atom. The van der Waals surface area contributed by atoms with Crippen molar-refractivity contribution in [2.45, 2.75) is 19.9 Å². The fraction of sp³-hybridized carbons (Fsp3) is 0.286. The van der Waals surface area contributed by atoms with E-state index in [9.17, 15) is 4.79 Å². The second kappa shape index (κ2) is 5.35. The van der Waals surface area contributed by atoms with Crippen molar-refractivity contribution >= 4 is 11.9 Å². The van der Waals surface area contributed by atoms with E-state index in [1.165, 1.54) is 6.33 Å². The van der Waals surface area contributed by atoms with E-state index in [-0.39, 0.29) is 12.0 Å². The smallest absolute Gasteiger partial charge is 0.338 e. The van der Waals surface area contributed by atoms with Gasteiger partial charge in [-0.1, -0.05) is 6.07 Å². The van der Waals surface area contributed by atoms with Gasteiger partial charge in [0.25, 0.3) is 0 Å². The number of rotatable bonds is 3. The van der Waals surface area contributed by atoms with Gasteiger partial charge in [0.05, 0.1) is 12.2 Å². The summed E-state index contributed by atoms with van der Waals surface area (Å²) < 4.78 is 6.85. The molecule has 0 amide bonds. The normalized spacial score (nSPS) is 17.1. The van der Waals surface area contributed by atoms with Crippen LogP contribution in [0.2, 0.25) is 0 Å². The van der Waals surface area contributed by atoms with Gasteiger partial charge < -0.3 is 10.1 Å². The van der Waals surface area contributed by atoms with Crippen LogP contribution in [0.1, 0.15) is 25.6 Å². The fourth-order valence-corrected chi connectivity index (χ4v) is 2.43. The molecule has 3 heterocycles. The van der Waals surface area contributed by atoms with Crippen LogP contribution in [-0.2, 0) is 9.53 Å². The Morgan fingerprint density at radius 3 is 3.10 bits per heavy atom. The zero-order valence-electron chi connectivity index (χ0n) is 11.8. The molecule has 0 bridgehead atoms. The van der Waals surface area contributed by atoms with Gasteiger partial charge in [0, 0.05) is 17.8 Å². The summed E-state index contributed by atoms with van der Waals surface area (Å²) in [5.41, 5.74) is 2.08. The zero-order chi connectivity index (χ0) is 14.8. The molecule has 0 saturated carbocycles. The summed E-state index contributed by atoms with van der Waals surface area (Å²) in [4.78, 5) is 19.6. The maximum Gasteiger partial charge on any atom is 0.338 e. The van der Waals surface area contributed by atoms with Crippen LogP contribution in [0, 0.1) is 0 Å². The molecule has 21 heavy (non-hydrogen) atoms. The van der Waals surface area contributed by atoms with Crippen LogP contribution in [0.5, 0.6) is 0 Å². The summed E-state index contributed by atoms with van der Waals surface area (Å²) in [7, 11) is 0. The molecule has 3 rings (SSSR count). The highest BCUT2D eigenvalue weighted by atomic mass is 16.5. The van der Waals surface area contributed by atoms with Crippen molar-refractivity contribution in [2.75, 3.05) is 11.9 Å². The fourth-order valence-electron chi connectivity index (χ4n) is 2.43. The molecule has 108 valence electrons. The maximum absolute atomic E-state index is 12.3. The van der Waals surface area contributed by atoms with Gasteiger partial charge in [0.1, 0.15) is 6.33 Å². The number of nitrogens with one attached hydrogen (secondary N) is 2. The number of pyridine rings is 1. The topological polar surface area (TPSA) is 83.2 Å². The third kappa shape index (κ3) is 2.26. The Labute approximate surface area is 121 Å². The lowest BCUT2D eigenvalue weighted by Gasteiger charge is -2.25. The number of nitrogens with zero attached hydrogens (tertiary/aromatic N) is 3. The molecule has 0 saturated heterocycles. The van der Waals surface area contributed by atoms with Gasteiger partial charge in [0.15, 0.2) is 12.2 Å². The van der Waals surface area contributed by atoms with Crippen molar-refractivity contribution < 1.29 is 14.5 Å². The number of carbonyl (C=O) groups excluding carboxylic acids is 1. The highest BCUT2D eigenvalue weighted by molar-refractivity contribution is 5.92. The third-order valence-electron chi connectivity index (χ3n) is 3.32. The number of aromatic nitrogens is 4. The molecule has 0 aliphatic carbocycles. The number of ether oxygens (including phenoxy) is 1. The van der Waals surface area contributed by atoms with E-state index < -0.39 is 0 Å². The average Bonchev–Trinajstić information content (AvgIpc) is 2.94. The summed E-state index contributed by atoms with van der Waals surface area (Å²) in [5.74, 6) is 0.244. The third-order valence-corrected chi connectivity index (χ3v) is 3.32. The van der Waals surface area contributed by atoms with Gasteiger partial charge in [-0.3, -0.25) is 0 Å². The molecule has 7 heteroatoms. The standard InChI is InChI=1S/C14H15N5O2/c1-3-21-13(20)11-9(2)18-14-16-8-17-19(14)12(11)10-6-4-5-7-15-10/h4-8,12H,3H2,1-2H3,(H,16,17,18)/p+1. The van der Waals surface area contributed by atoms with E-state index in [0.29, 0.717) is 18.1 Å². The lowest BCUT2D eigenvalue weighted by Crippen LogP contribution is -2.32. The van der Waals surface area contributed by atoms with Crippen LogP contribution in [0.25, 0.3) is 0 Å². The first-order chi connectivity index (χ1) is 10.2. The number of fused-ring (bicyclic) bond motifs is 1. The maximum atomic E-state index is 12.3. The monoisotopic (exact) mass is 286 g/mol. The van der Waals surface area contributed by atoms with E-state index in [0.717, 1.165) is 11.4 Å². The highest BCUT2D eigenvalue weighted by Gasteiger charge is 2.37. The summed E-state index contributed by atoms with van der Waals surface area (Å²) in [6.45, 7) is 3.94. The van der Waals surface area contributed by atoms with E-state index >= 15 is 0 Å². The van der Waals surface area contributed by atoms with Crippen molar-refractivity contribution in [3.05, 3.63) is 47.7 Å². The lowest BCUT2D eigenvalue weighted by atomic mass is 10.00.